The minimum absolute atomic E-state index is 0.607. The fraction of sp³-hybridized carbons (Fsp3) is 0.235. The minimum Gasteiger partial charge on any atom is -0.497 e. The van der Waals surface area contributed by atoms with Crippen molar-refractivity contribution in [2.24, 2.45) is 0 Å². The fourth-order valence-corrected chi connectivity index (χ4v) is 2.30. The van der Waals surface area contributed by atoms with Gasteiger partial charge >= 0.3 is 0 Å². The Morgan fingerprint density at radius 3 is 3.00 bits per heavy atom. The van der Waals surface area contributed by atoms with Gasteiger partial charge in [0.05, 0.1) is 13.7 Å². The molecular formula is C17H18N2O2. The van der Waals surface area contributed by atoms with E-state index in [2.05, 4.69) is 28.2 Å². The summed E-state index contributed by atoms with van der Waals surface area (Å²) in [4.78, 5) is 6.53. The predicted molar refractivity (Wildman–Crippen MR) is 83.6 cm³/mol. The van der Waals surface area contributed by atoms with Crippen molar-refractivity contribution in [2.75, 3.05) is 26.8 Å². The summed E-state index contributed by atoms with van der Waals surface area (Å²) in [6.45, 7) is 2.38. The van der Waals surface area contributed by atoms with E-state index in [-0.39, 0.29) is 0 Å². The van der Waals surface area contributed by atoms with Crippen molar-refractivity contribution in [1.82, 2.24) is 9.88 Å². The van der Waals surface area contributed by atoms with Crippen molar-refractivity contribution < 1.29 is 9.47 Å². The molecule has 4 heteroatoms. The van der Waals surface area contributed by atoms with E-state index in [1.54, 1.807) is 13.3 Å². The van der Waals surface area contributed by atoms with Crippen molar-refractivity contribution in [3.63, 3.8) is 0 Å². The lowest BCUT2D eigenvalue weighted by molar-refractivity contribution is 0.258. The van der Waals surface area contributed by atoms with Gasteiger partial charge in [0.2, 0.25) is 5.88 Å². The molecule has 2 aromatic rings. The lowest BCUT2D eigenvalue weighted by Crippen LogP contribution is -2.24. The highest BCUT2D eigenvalue weighted by Gasteiger charge is 2.06. The molecule has 0 amide bonds. The van der Waals surface area contributed by atoms with Crippen LogP contribution in [0.3, 0.4) is 0 Å². The topological polar surface area (TPSA) is 34.6 Å². The van der Waals surface area contributed by atoms with Crippen LogP contribution in [0.4, 0.5) is 0 Å². The number of pyridine rings is 1. The zero-order valence-corrected chi connectivity index (χ0v) is 12.0. The zero-order chi connectivity index (χ0) is 14.5. The molecule has 1 aliphatic heterocycles. The first kappa shape index (κ1) is 13.5. The number of nitrogens with zero attached hydrogens (tertiary/aromatic N) is 2. The number of allylic oxidation sites excluding steroid dienone is 2. The number of fused-ring (bicyclic) bond motifs is 1. The third-order valence-electron chi connectivity index (χ3n) is 3.44. The van der Waals surface area contributed by atoms with Gasteiger partial charge in [-0.2, -0.15) is 0 Å². The predicted octanol–water partition coefficient (Wildman–Crippen LogP) is 3.01. The molecule has 1 aliphatic rings. The Morgan fingerprint density at radius 2 is 2.19 bits per heavy atom. The van der Waals surface area contributed by atoms with Crippen LogP contribution in [0, 0.1) is 0 Å². The van der Waals surface area contributed by atoms with Gasteiger partial charge in [-0.1, -0.05) is 12.2 Å². The highest BCUT2D eigenvalue weighted by atomic mass is 16.5. The summed E-state index contributed by atoms with van der Waals surface area (Å²) in [7, 11) is 1.67. The molecule has 2 heterocycles. The standard InChI is InChI=1S/C17H18N2O2/c1-20-15-5-6-16-14(13-15)7-8-18-17(16)21-12-11-19-9-3-2-4-10-19/h2-9,13H,10-12H2,1H3. The number of hydrogen-bond acceptors (Lipinski definition) is 4. The second-order valence-electron chi connectivity index (χ2n) is 4.82. The Bertz CT molecular complexity index is 680. The van der Waals surface area contributed by atoms with Crippen LogP contribution in [0.2, 0.25) is 0 Å². The maximum absolute atomic E-state index is 5.84. The second kappa shape index (κ2) is 6.31. The summed E-state index contributed by atoms with van der Waals surface area (Å²) < 4.78 is 11.1. The first-order valence-electron chi connectivity index (χ1n) is 7.00. The van der Waals surface area contributed by atoms with Crippen LogP contribution in [0.5, 0.6) is 11.6 Å². The van der Waals surface area contributed by atoms with Gasteiger partial charge < -0.3 is 14.4 Å². The van der Waals surface area contributed by atoms with Crippen molar-refractivity contribution >= 4 is 10.8 Å². The van der Waals surface area contributed by atoms with Gasteiger partial charge in [0.25, 0.3) is 0 Å². The van der Waals surface area contributed by atoms with Crippen molar-refractivity contribution in [3.05, 3.63) is 54.9 Å². The van der Waals surface area contributed by atoms with Gasteiger partial charge in [-0.05, 0) is 41.9 Å². The molecule has 0 unspecified atom stereocenters. The number of rotatable bonds is 5. The van der Waals surface area contributed by atoms with Crippen LogP contribution < -0.4 is 9.47 Å². The lowest BCUT2D eigenvalue weighted by Gasteiger charge is -2.20. The van der Waals surface area contributed by atoms with E-state index in [0.717, 1.165) is 29.6 Å². The van der Waals surface area contributed by atoms with Crippen LogP contribution >= 0.6 is 0 Å². The average molecular weight is 282 g/mol. The van der Waals surface area contributed by atoms with Crippen molar-refractivity contribution in [1.29, 1.82) is 0 Å². The smallest absolute Gasteiger partial charge is 0.221 e. The van der Waals surface area contributed by atoms with E-state index >= 15 is 0 Å². The summed E-state index contributed by atoms with van der Waals surface area (Å²) in [6, 6.07) is 7.86. The van der Waals surface area contributed by atoms with Gasteiger partial charge in [0.15, 0.2) is 0 Å². The van der Waals surface area contributed by atoms with E-state index in [9.17, 15) is 0 Å². The Hall–Kier alpha value is -2.49. The summed E-state index contributed by atoms with van der Waals surface area (Å²) in [5.74, 6) is 1.51. The molecule has 0 fully saturated rings. The van der Waals surface area contributed by atoms with Crippen molar-refractivity contribution in [2.45, 2.75) is 0 Å². The van der Waals surface area contributed by atoms with Crippen LogP contribution in [0.15, 0.2) is 54.9 Å². The fourth-order valence-electron chi connectivity index (χ4n) is 2.30. The van der Waals surface area contributed by atoms with E-state index in [1.165, 1.54) is 0 Å². The molecule has 0 bridgehead atoms. The molecule has 0 atom stereocenters. The second-order valence-corrected chi connectivity index (χ2v) is 4.82. The summed E-state index contributed by atoms with van der Waals surface area (Å²) in [6.07, 6.45) is 10.1. The molecular weight excluding hydrogens is 264 g/mol. The van der Waals surface area contributed by atoms with Crippen LogP contribution in [0.25, 0.3) is 10.8 Å². The summed E-state index contributed by atoms with van der Waals surface area (Å²) >= 11 is 0. The largest absolute Gasteiger partial charge is 0.497 e. The van der Waals surface area contributed by atoms with Crippen molar-refractivity contribution in [3.8, 4) is 11.6 Å². The molecule has 1 aromatic heterocycles. The number of benzene rings is 1. The molecule has 1 aromatic carbocycles. The Morgan fingerprint density at radius 1 is 1.24 bits per heavy atom. The van der Waals surface area contributed by atoms with Gasteiger partial charge in [-0.25, -0.2) is 4.98 Å². The molecule has 0 saturated carbocycles. The van der Waals surface area contributed by atoms with E-state index < -0.39 is 0 Å². The summed E-state index contributed by atoms with van der Waals surface area (Å²) in [5, 5.41) is 2.08. The van der Waals surface area contributed by atoms with Gasteiger partial charge in [0.1, 0.15) is 12.4 Å². The third kappa shape index (κ3) is 3.16. The molecule has 0 spiro atoms. The van der Waals surface area contributed by atoms with Gasteiger partial charge in [0, 0.05) is 18.1 Å². The number of ether oxygens (including phenoxy) is 2. The molecule has 0 radical (unpaired) electrons. The van der Waals surface area contributed by atoms with E-state index in [1.807, 2.05) is 30.3 Å². The van der Waals surface area contributed by atoms with E-state index in [0.29, 0.717) is 12.5 Å². The van der Waals surface area contributed by atoms with Gasteiger partial charge in [-0.3, -0.25) is 0 Å². The highest BCUT2D eigenvalue weighted by molar-refractivity contribution is 5.87. The Balaban J connectivity index is 1.69. The van der Waals surface area contributed by atoms with Crippen LogP contribution in [-0.2, 0) is 0 Å². The zero-order valence-electron chi connectivity index (χ0n) is 12.0. The number of hydrogen-bond donors (Lipinski definition) is 0. The Labute approximate surface area is 124 Å². The molecule has 4 nitrogen and oxygen atoms in total. The lowest BCUT2D eigenvalue weighted by atomic mass is 10.1. The van der Waals surface area contributed by atoms with E-state index in [4.69, 9.17) is 9.47 Å². The first-order valence-corrected chi connectivity index (χ1v) is 7.00. The first-order chi connectivity index (χ1) is 10.4. The molecule has 108 valence electrons. The maximum atomic E-state index is 5.84. The minimum atomic E-state index is 0.607. The normalized spacial score (nSPS) is 13.7. The van der Waals surface area contributed by atoms with Crippen LogP contribution in [-0.4, -0.2) is 36.7 Å². The average Bonchev–Trinajstić information content (AvgIpc) is 2.55. The molecule has 21 heavy (non-hydrogen) atoms. The monoisotopic (exact) mass is 282 g/mol. The highest BCUT2D eigenvalue weighted by Crippen LogP contribution is 2.26. The molecule has 0 aliphatic carbocycles. The summed E-state index contributed by atoms with van der Waals surface area (Å²) in [5.41, 5.74) is 0. The Kier molecular flexibility index (Phi) is 4.05. The quantitative estimate of drug-likeness (QED) is 0.844. The third-order valence-corrected chi connectivity index (χ3v) is 3.44. The maximum Gasteiger partial charge on any atom is 0.221 e. The number of methoxy groups -OCH3 is 1. The molecule has 0 saturated heterocycles. The molecule has 0 N–H and O–H groups in total. The number of aromatic nitrogens is 1. The van der Waals surface area contributed by atoms with Gasteiger partial charge in [-0.15, -0.1) is 0 Å². The SMILES string of the molecule is COc1ccc2c(OCCN3C=CC=CC3)nccc2c1. The molecule has 3 rings (SSSR count). The van der Waals surface area contributed by atoms with Crippen LogP contribution in [0.1, 0.15) is 0 Å².